The second-order valence-corrected chi connectivity index (χ2v) is 3.30. The summed E-state index contributed by atoms with van der Waals surface area (Å²) in [5, 5.41) is 8.88. The van der Waals surface area contributed by atoms with Crippen LogP contribution in [0.2, 0.25) is 0 Å². The van der Waals surface area contributed by atoms with E-state index < -0.39 is 17.6 Å². The van der Waals surface area contributed by atoms with E-state index in [9.17, 15) is 13.6 Å². The lowest BCUT2D eigenvalue weighted by Gasteiger charge is -2.06. The normalized spacial score (nSPS) is 11.4. The fourth-order valence-electron chi connectivity index (χ4n) is 1.26. The molecule has 0 saturated carbocycles. The first-order valence-corrected chi connectivity index (χ1v) is 5.02. The lowest BCUT2D eigenvalue weighted by atomic mass is 10.1. The summed E-state index contributed by atoms with van der Waals surface area (Å²) in [6.45, 7) is 1.80. The Bertz CT molecular complexity index is 441. The predicted molar refractivity (Wildman–Crippen MR) is 57.4 cm³/mol. The minimum Gasteiger partial charge on any atom is -0.515 e. The van der Waals surface area contributed by atoms with Gasteiger partial charge in [-0.15, -0.1) is 0 Å². The quantitative estimate of drug-likeness (QED) is 0.501. The molecule has 17 heavy (non-hydrogen) atoms. The van der Waals surface area contributed by atoms with Crippen molar-refractivity contribution < 1.29 is 23.4 Å². The number of ether oxygens (including phenoxy) is 1. The molecule has 1 aromatic rings. The molecule has 0 amide bonds. The van der Waals surface area contributed by atoms with Crippen LogP contribution in [0.4, 0.5) is 8.78 Å². The third-order valence-electron chi connectivity index (χ3n) is 2.07. The lowest BCUT2D eigenvalue weighted by Crippen LogP contribution is -2.10. The Balaban J connectivity index is 2.81. The van der Waals surface area contributed by atoms with Crippen molar-refractivity contribution in [2.24, 2.45) is 0 Å². The average molecular weight is 242 g/mol. The predicted octanol–water partition coefficient (Wildman–Crippen LogP) is 2.51. The van der Waals surface area contributed by atoms with Crippen molar-refractivity contribution in [1.82, 2.24) is 0 Å². The van der Waals surface area contributed by atoms with Crippen LogP contribution < -0.4 is 0 Å². The number of benzene rings is 1. The van der Waals surface area contributed by atoms with Gasteiger partial charge in [0.2, 0.25) is 0 Å². The monoisotopic (exact) mass is 242 g/mol. The molecule has 0 saturated heterocycles. The van der Waals surface area contributed by atoms with E-state index >= 15 is 0 Å². The first-order valence-electron chi connectivity index (χ1n) is 5.02. The Morgan fingerprint density at radius 1 is 1.41 bits per heavy atom. The Morgan fingerprint density at radius 2 is 2.12 bits per heavy atom. The van der Waals surface area contributed by atoms with Crippen LogP contribution in [0.25, 0.3) is 0 Å². The smallest absolute Gasteiger partial charge is 0.337 e. The second kappa shape index (κ2) is 5.98. The lowest BCUT2D eigenvalue weighted by molar-refractivity contribution is -0.138. The zero-order valence-corrected chi connectivity index (χ0v) is 9.24. The molecule has 0 atom stereocenters. The van der Waals surface area contributed by atoms with Crippen LogP contribution in [-0.4, -0.2) is 17.7 Å². The Morgan fingerprint density at radius 3 is 2.65 bits per heavy atom. The van der Waals surface area contributed by atoms with E-state index in [4.69, 9.17) is 5.11 Å². The third kappa shape index (κ3) is 3.55. The second-order valence-electron chi connectivity index (χ2n) is 3.30. The van der Waals surface area contributed by atoms with Gasteiger partial charge < -0.3 is 9.84 Å². The number of hydrogen-bond acceptors (Lipinski definition) is 3. The minimum atomic E-state index is -0.997. The van der Waals surface area contributed by atoms with Crippen molar-refractivity contribution in [3.05, 3.63) is 47.2 Å². The number of esters is 1. The molecular weight excluding hydrogens is 230 g/mol. The number of aliphatic hydroxyl groups is 1. The highest BCUT2D eigenvalue weighted by Gasteiger charge is 2.12. The van der Waals surface area contributed by atoms with Gasteiger partial charge in [0, 0.05) is 6.42 Å². The molecule has 0 aliphatic heterocycles. The number of carbonyl (C=O) groups excluding carboxylic acids is 1. The van der Waals surface area contributed by atoms with Crippen molar-refractivity contribution in [2.75, 3.05) is 6.61 Å². The molecular formula is C12H12F2O3. The number of carbonyl (C=O) groups is 1. The zero-order valence-electron chi connectivity index (χ0n) is 9.24. The van der Waals surface area contributed by atoms with Crippen LogP contribution in [0, 0.1) is 11.6 Å². The van der Waals surface area contributed by atoms with E-state index in [1.54, 1.807) is 6.92 Å². The molecule has 0 radical (unpaired) electrons. The van der Waals surface area contributed by atoms with Gasteiger partial charge in [0.05, 0.1) is 18.4 Å². The van der Waals surface area contributed by atoms with Crippen molar-refractivity contribution in [3.63, 3.8) is 0 Å². The van der Waals surface area contributed by atoms with Crippen LogP contribution in [0.5, 0.6) is 0 Å². The van der Waals surface area contributed by atoms with Crippen LogP contribution in [-0.2, 0) is 16.0 Å². The van der Waals surface area contributed by atoms with E-state index in [1.807, 2.05) is 0 Å². The molecule has 0 bridgehead atoms. The van der Waals surface area contributed by atoms with Crippen molar-refractivity contribution in [2.45, 2.75) is 13.3 Å². The zero-order chi connectivity index (χ0) is 12.8. The van der Waals surface area contributed by atoms with Crippen LogP contribution in [0.3, 0.4) is 0 Å². The first kappa shape index (κ1) is 13.2. The maximum absolute atomic E-state index is 12.9. The van der Waals surface area contributed by atoms with E-state index in [-0.39, 0.29) is 18.6 Å². The molecule has 0 unspecified atom stereocenters. The summed E-state index contributed by atoms with van der Waals surface area (Å²) in [4.78, 5) is 11.3. The summed E-state index contributed by atoms with van der Waals surface area (Å²) >= 11 is 0. The number of rotatable bonds is 4. The highest BCUT2D eigenvalue weighted by atomic mass is 19.2. The standard InChI is InChI=1S/C12H12F2O3/c1-2-17-12(16)9(7-15)5-8-3-4-10(13)11(14)6-8/h3-4,6-7,15H,2,5H2,1H3/b9-7+. The van der Waals surface area contributed by atoms with Gasteiger partial charge in [-0.1, -0.05) is 6.07 Å². The minimum absolute atomic E-state index is 0.0159. The SMILES string of the molecule is CCOC(=O)/C(=C/O)Cc1ccc(F)c(F)c1. The van der Waals surface area contributed by atoms with Gasteiger partial charge >= 0.3 is 5.97 Å². The number of aliphatic hydroxyl groups excluding tert-OH is 1. The molecule has 0 fully saturated rings. The fourth-order valence-corrected chi connectivity index (χ4v) is 1.26. The largest absolute Gasteiger partial charge is 0.515 e. The van der Waals surface area contributed by atoms with E-state index in [1.165, 1.54) is 6.07 Å². The van der Waals surface area contributed by atoms with Gasteiger partial charge in [0.15, 0.2) is 11.6 Å². The topological polar surface area (TPSA) is 46.5 Å². The van der Waals surface area contributed by atoms with Gasteiger partial charge in [-0.3, -0.25) is 0 Å². The third-order valence-corrected chi connectivity index (χ3v) is 2.07. The Kier molecular flexibility index (Phi) is 4.63. The summed E-state index contributed by atoms with van der Waals surface area (Å²) in [6.07, 6.45) is 0.589. The van der Waals surface area contributed by atoms with Crippen LogP contribution >= 0.6 is 0 Å². The van der Waals surface area contributed by atoms with Crippen molar-refractivity contribution >= 4 is 5.97 Å². The molecule has 1 aromatic carbocycles. The van der Waals surface area contributed by atoms with Gasteiger partial charge in [-0.2, -0.15) is 0 Å². The summed E-state index contributed by atoms with van der Waals surface area (Å²) in [5.74, 6) is -2.64. The van der Waals surface area contributed by atoms with E-state index in [0.29, 0.717) is 11.8 Å². The maximum Gasteiger partial charge on any atom is 0.337 e. The van der Waals surface area contributed by atoms with Gasteiger partial charge in [0.1, 0.15) is 0 Å². The Labute approximate surface area is 97.3 Å². The molecule has 1 rings (SSSR count). The van der Waals surface area contributed by atoms with Crippen molar-refractivity contribution in [1.29, 1.82) is 0 Å². The molecule has 0 aliphatic carbocycles. The average Bonchev–Trinajstić information content (AvgIpc) is 2.30. The molecule has 0 aromatic heterocycles. The summed E-state index contributed by atoms with van der Waals surface area (Å²) < 4.78 is 30.3. The van der Waals surface area contributed by atoms with Crippen LogP contribution in [0.1, 0.15) is 12.5 Å². The molecule has 0 aliphatic rings. The number of hydrogen-bond donors (Lipinski definition) is 1. The molecule has 3 nitrogen and oxygen atoms in total. The van der Waals surface area contributed by atoms with E-state index in [2.05, 4.69) is 4.74 Å². The molecule has 0 spiro atoms. The summed E-state index contributed by atoms with van der Waals surface area (Å²) in [6, 6.07) is 3.27. The highest BCUT2D eigenvalue weighted by Crippen LogP contribution is 2.13. The fraction of sp³-hybridized carbons (Fsp3) is 0.250. The van der Waals surface area contributed by atoms with E-state index in [0.717, 1.165) is 12.1 Å². The molecule has 5 heteroatoms. The summed E-state index contributed by atoms with van der Waals surface area (Å²) in [7, 11) is 0. The van der Waals surface area contributed by atoms with Gasteiger partial charge in [0.25, 0.3) is 0 Å². The van der Waals surface area contributed by atoms with Gasteiger partial charge in [-0.05, 0) is 24.6 Å². The molecule has 92 valence electrons. The van der Waals surface area contributed by atoms with Gasteiger partial charge in [-0.25, -0.2) is 13.6 Å². The molecule has 1 N–H and O–H groups in total. The first-order chi connectivity index (χ1) is 8.08. The molecule has 0 heterocycles. The Hall–Kier alpha value is -1.91. The van der Waals surface area contributed by atoms with Crippen molar-refractivity contribution in [3.8, 4) is 0 Å². The maximum atomic E-state index is 12.9. The number of halogens is 2. The summed E-state index contributed by atoms with van der Waals surface area (Å²) in [5.41, 5.74) is 0.357. The van der Waals surface area contributed by atoms with Crippen LogP contribution in [0.15, 0.2) is 30.0 Å². The highest BCUT2D eigenvalue weighted by molar-refractivity contribution is 5.88.